The Balaban J connectivity index is 1.86. The minimum absolute atomic E-state index is 0.245. The highest BCUT2D eigenvalue weighted by Gasteiger charge is 2.30. The van der Waals surface area contributed by atoms with E-state index in [1.807, 2.05) is 24.3 Å². The van der Waals surface area contributed by atoms with Gasteiger partial charge in [0.2, 0.25) is 5.91 Å². The number of benzene rings is 1. The lowest BCUT2D eigenvalue weighted by atomic mass is 9.93. The minimum atomic E-state index is -0.262. The molecule has 1 amide bonds. The quantitative estimate of drug-likeness (QED) is 0.948. The Morgan fingerprint density at radius 1 is 1.30 bits per heavy atom. The SMILES string of the molecule is NC(=O)[C@@H]1Cc2ccccc2CN1Cc1ccc(Cl)s1. The van der Waals surface area contributed by atoms with E-state index in [4.69, 9.17) is 17.3 Å². The zero-order valence-electron chi connectivity index (χ0n) is 10.9. The van der Waals surface area contributed by atoms with Gasteiger partial charge in [0.25, 0.3) is 0 Å². The third kappa shape index (κ3) is 2.73. The molecule has 1 aliphatic heterocycles. The first-order chi connectivity index (χ1) is 9.63. The van der Waals surface area contributed by atoms with Crippen LogP contribution in [0.3, 0.4) is 0 Å². The highest BCUT2D eigenvalue weighted by molar-refractivity contribution is 7.16. The first kappa shape index (κ1) is 13.6. The van der Waals surface area contributed by atoms with Crippen molar-refractivity contribution in [2.24, 2.45) is 5.73 Å². The first-order valence-corrected chi connectivity index (χ1v) is 7.67. The largest absolute Gasteiger partial charge is 0.368 e. The molecule has 1 atom stereocenters. The van der Waals surface area contributed by atoms with E-state index in [1.165, 1.54) is 11.1 Å². The molecule has 2 heterocycles. The van der Waals surface area contributed by atoms with Crippen molar-refractivity contribution >= 4 is 28.8 Å². The van der Waals surface area contributed by atoms with Crippen LogP contribution in [0.15, 0.2) is 36.4 Å². The summed E-state index contributed by atoms with van der Waals surface area (Å²) in [6.45, 7) is 1.46. The summed E-state index contributed by atoms with van der Waals surface area (Å²) in [4.78, 5) is 15.0. The zero-order chi connectivity index (χ0) is 14.1. The number of thiophene rings is 1. The molecule has 104 valence electrons. The number of carbonyl (C=O) groups is 1. The van der Waals surface area contributed by atoms with Crippen LogP contribution in [0.1, 0.15) is 16.0 Å². The summed E-state index contributed by atoms with van der Waals surface area (Å²) in [6, 6.07) is 11.9. The normalized spacial score (nSPS) is 18.8. The van der Waals surface area contributed by atoms with Crippen molar-refractivity contribution in [3.8, 4) is 0 Å². The lowest BCUT2D eigenvalue weighted by Gasteiger charge is -2.34. The lowest BCUT2D eigenvalue weighted by Crippen LogP contribution is -2.47. The van der Waals surface area contributed by atoms with Crippen molar-refractivity contribution in [1.82, 2.24) is 4.90 Å². The Kier molecular flexibility index (Phi) is 3.78. The van der Waals surface area contributed by atoms with Crippen molar-refractivity contribution in [1.29, 1.82) is 0 Å². The van der Waals surface area contributed by atoms with Crippen LogP contribution in [-0.4, -0.2) is 16.8 Å². The van der Waals surface area contributed by atoms with Gasteiger partial charge in [0.05, 0.1) is 10.4 Å². The Labute approximate surface area is 127 Å². The lowest BCUT2D eigenvalue weighted by molar-refractivity contribution is -0.124. The average molecular weight is 307 g/mol. The molecule has 20 heavy (non-hydrogen) atoms. The molecular weight excluding hydrogens is 292 g/mol. The minimum Gasteiger partial charge on any atom is -0.368 e. The molecular formula is C15H15ClN2OS. The van der Waals surface area contributed by atoms with Crippen molar-refractivity contribution in [3.63, 3.8) is 0 Å². The number of rotatable bonds is 3. The monoisotopic (exact) mass is 306 g/mol. The van der Waals surface area contributed by atoms with Gasteiger partial charge in [-0.05, 0) is 29.7 Å². The van der Waals surface area contributed by atoms with Gasteiger partial charge in [0.1, 0.15) is 0 Å². The van der Waals surface area contributed by atoms with Crippen molar-refractivity contribution in [3.05, 3.63) is 56.7 Å². The number of fused-ring (bicyclic) bond motifs is 1. The van der Waals surface area contributed by atoms with Crippen LogP contribution in [-0.2, 0) is 24.3 Å². The molecule has 0 aliphatic carbocycles. The summed E-state index contributed by atoms with van der Waals surface area (Å²) in [5.41, 5.74) is 8.06. The number of nitrogens with two attached hydrogens (primary N) is 1. The maximum absolute atomic E-state index is 11.7. The standard InChI is InChI=1S/C15H15ClN2OS/c16-14-6-5-12(20-14)9-18-8-11-4-2-1-3-10(11)7-13(18)15(17)19/h1-6,13H,7-9H2,(H2,17,19)/t13-/m0/s1. The topological polar surface area (TPSA) is 46.3 Å². The first-order valence-electron chi connectivity index (χ1n) is 6.48. The van der Waals surface area contributed by atoms with Gasteiger partial charge >= 0.3 is 0 Å². The molecule has 2 N–H and O–H groups in total. The van der Waals surface area contributed by atoms with Gasteiger partial charge in [0, 0.05) is 18.0 Å². The summed E-state index contributed by atoms with van der Waals surface area (Å²) < 4.78 is 0.771. The van der Waals surface area contributed by atoms with Gasteiger partial charge in [-0.15, -0.1) is 11.3 Å². The van der Waals surface area contributed by atoms with E-state index in [-0.39, 0.29) is 11.9 Å². The molecule has 1 aromatic carbocycles. The van der Waals surface area contributed by atoms with Crippen LogP contribution in [0.5, 0.6) is 0 Å². The summed E-state index contributed by atoms with van der Waals surface area (Å²) in [7, 11) is 0. The van der Waals surface area contributed by atoms with Crippen LogP contribution in [0.25, 0.3) is 0 Å². The van der Waals surface area contributed by atoms with E-state index in [0.29, 0.717) is 13.0 Å². The number of primary amides is 1. The zero-order valence-corrected chi connectivity index (χ0v) is 12.5. The maximum Gasteiger partial charge on any atom is 0.235 e. The van der Waals surface area contributed by atoms with Crippen molar-refractivity contribution in [2.45, 2.75) is 25.6 Å². The second kappa shape index (κ2) is 5.56. The number of halogens is 1. The van der Waals surface area contributed by atoms with Crippen LogP contribution in [0.4, 0.5) is 0 Å². The number of nitrogens with zero attached hydrogens (tertiary/aromatic N) is 1. The van der Waals surface area contributed by atoms with Gasteiger partial charge in [-0.25, -0.2) is 0 Å². The molecule has 0 radical (unpaired) electrons. The second-order valence-corrected chi connectivity index (χ2v) is 6.80. The Morgan fingerprint density at radius 3 is 2.70 bits per heavy atom. The van der Waals surface area contributed by atoms with Gasteiger partial charge < -0.3 is 5.73 Å². The highest BCUT2D eigenvalue weighted by Crippen LogP contribution is 2.28. The molecule has 1 aromatic heterocycles. The maximum atomic E-state index is 11.7. The molecule has 5 heteroatoms. The molecule has 0 fully saturated rings. The van der Waals surface area contributed by atoms with Crippen LogP contribution < -0.4 is 5.73 Å². The fourth-order valence-electron chi connectivity index (χ4n) is 2.66. The summed E-state index contributed by atoms with van der Waals surface area (Å²) in [5, 5.41) is 0. The van der Waals surface area contributed by atoms with Gasteiger partial charge in [0.15, 0.2) is 0 Å². The number of hydrogen-bond donors (Lipinski definition) is 1. The molecule has 3 nitrogen and oxygen atoms in total. The predicted octanol–water partition coefficient (Wildman–Crippen LogP) is 2.81. The third-order valence-electron chi connectivity index (χ3n) is 3.66. The average Bonchev–Trinajstić information content (AvgIpc) is 2.83. The molecule has 2 aromatic rings. The fraction of sp³-hybridized carbons (Fsp3) is 0.267. The van der Waals surface area contributed by atoms with E-state index >= 15 is 0 Å². The summed E-state index contributed by atoms with van der Waals surface area (Å²) >= 11 is 7.51. The van der Waals surface area contributed by atoms with Crippen LogP contribution in [0.2, 0.25) is 4.34 Å². The molecule has 1 aliphatic rings. The molecule has 0 unspecified atom stereocenters. The Hall–Kier alpha value is -1.36. The number of amides is 1. The Bertz CT molecular complexity index is 640. The van der Waals surface area contributed by atoms with Gasteiger partial charge in [-0.1, -0.05) is 35.9 Å². The third-order valence-corrected chi connectivity index (χ3v) is 4.88. The predicted molar refractivity (Wildman–Crippen MR) is 81.7 cm³/mol. The smallest absolute Gasteiger partial charge is 0.235 e. The number of hydrogen-bond acceptors (Lipinski definition) is 3. The van der Waals surface area contributed by atoms with Crippen molar-refractivity contribution in [2.75, 3.05) is 0 Å². The van der Waals surface area contributed by atoms with Gasteiger partial charge in [-0.3, -0.25) is 9.69 Å². The second-order valence-electron chi connectivity index (χ2n) is 5.00. The molecule has 0 saturated heterocycles. The fourth-order valence-corrected chi connectivity index (χ4v) is 3.77. The summed E-state index contributed by atoms with van der Waals surface area (Å²) in [6.07, 6.45) is 0.685. The van der Waals surface area contributed by atoms with E-state index in [1.54, 1.807) is 11.3 Å². The van der Waals surface area contributed by atoms with Crippen molar-refractivity contribution < 1.29 is 4.79 Å². The Morgan fingerprint density at radius 2 is 2.05 bits per heavy atom. The molecule has 0 spiro atoms. The number of carbonyl (C=O) groups excluding carboxylic acids is 1. The van der Waals surface area contributed by atoms with E-state index < -0.39 is 0 Å². The molecule has 3 rings (SSSR count). The molecule has 0 saturated carbocycles. The van der Waals surface area contributed by atoms with Crippen LogP contribution in [0, 0.1) is 0 Å². The van der Waals surface area contributed by atoms with E-state index in [9.17, 15) is 4.79 Å². The van der Waals surface area contributed by atoms with E-state index in [2.05, 4.69) is 17.0 Å². The van der Waals surface area contributed by atoms with E-state index in [0.717, 1.165) is 15.8 Å². The van der Waals surface area contributed by atoms with Gasteiger partial charge in [-0.2, -0.15) is 0 Å². The summed E-state index contributed by atoms with van der Waals surface area (Å²) in [5.74, 6) is -0.262. The van der Waals surface area contributed by atoms with Crippen LogP contribution >= 0.6 is 22.9 Å². The molecule has 0 bridgehead atoms. The highest BCUT2D eigenvalue weighted by atomic mass is 35.5.